The molecule has 0 radical (unpaired) electrons. The zero-order valence-corrected chi connectivity index (χ0v) is 9.92. The molecule has 0 amide bonds. The number of hydrogen-bond donors (Lipinski definition) is 1. The number of aromatic nitrogens is 1. The molecule has 2 rings (SSSR count). The lowest BCUT2D eigenvalue weighted by Crippen LogP contribution is -2.12. The summed E-state index contributed by atoms with van der Waals surface area (Å²) < 4.78 is 4.95. The molecule has 1 aromatic carbocycles. The summed E-state index contributed by atoms with van der Waals surface area (Å²) in [6.07, 6.45) is 1.62. The second-order valence-electron chi connectivity index (χ2n) is 3.32. The molecule has 0 spiro atoms. The van der Waals surface area contributed by atoms with Crippen molar-refractivity contribution in [1.29, 1.82) is 0 Å². The quantitative estimate of drug-likeness (QED) is 0.913. The molecule has 1 heterocycles. The first-order valence-electron chi connectivity index (χ1n) is 4.80. The summed E-state index contributed by atoms with van der Waals surface area (Å²) in [6.45, 7) is 1.29. The molecule has 0 aliphatic rings. The molecule has 1 aromatic heterocycles. The molecular formula is C11H10Cl2N2O. The van der Waals surface area contributed by atoms with E-state index in [-0.39, 0.29) is 0 Å². The van der Waals surface area contributed by atoms with Crippen molar-refractivity contribution < 1.29 is 4.52 Å². The maximum atomic E-state index is 6.03. The van der Waals surface area contributed by atoms with Crippen molar-refractivity contribution in [2.45, 2.75) is 13.1 Å². The molecule has 1 N–H and O–H groups in total. The van der Waals surface area contributed by atoms with Gasteiger partial charge in [0.1, 0.15) is 5.76 Å². The number of halogens is 2. The molecule has 5 heteroatoms. The van der Waals surface area contributed by atoms with Crippen LogP contribution in [0.4, 0.5) is 0 Å². The van der Waals surface area contributed by atoms with Crippen LogP contribution in [0.1, 0.15) is 11.3 Å². The predicted octanol–water partition coefficient (Wildman–Crippen LogP) is 3.27. The standard InChI is InChI=1S/C11H10Cl2N2O/c12-9-2-1-8(11(13)5-9)6-14-7-10-3-4-15-16-10/h1-5,14H,6-7H2. The first kappa shape index (κ1) is 11.5. The van der Waals surface area contributed by atoms with Crippen LogP contribution in [-0.2, 0) is 13.1 Å². The molecule has 0 unspecified atom stereocenters. The summed E-state index contributed by atoms with van der Waals surface area (Å²) in [7, 11) is 0. The summed E-state index contributed by atoms with van der Waals surface area (Å²) in [5, 5.41) is 8.13. The van der Waals surface area contributed by atoms with E-state index in [0.29, 0.717) is 23.1 Å². The summed E-state index contributed by atoms with van der Waals surface area (Å²) in [4.78, 5) is 0. The van der Waals surface area contributed by atoms with Gasteiger partial charge in [0.15, 0.2) is 0 Å². The van der Waals surface area contributed by atoms with Crippen molar-refractivity contribution in [1.82, 2.24) is 10.5 Å². The minimum Gasteiger partial charge on any atom is -0.360 e. The highest BCUT2D eigenvalue weighted by Gasteiger charge is 2.01. The fourth-order valence-corrected chi connectivity index (χ4v) is 1.79. The largest absolute Gasteiger partial charge is 0.360 e. The van der Waals surface area contributed by atoms with Gasteiger partial charge >= 0.3 is 0 Å². The van der Waals surface area contributed by atoms with Gasteiger partial charge in [-0.1, -0.05) is 34.4 Å². The highest BCUT2D eigenvalue weighted by Crippen LogP contribution is 2.20. The van der Waals surface area contributed by atoms with Crippen LogP contribution >= 0.6 is 23.2 Å². The van der Waals surface area contributed by atoms with Crippen LogP contribution in [-0.4, -0.2) is 5.16 Å². The lowest BCUT2D eigenvalue weighted by molar-refractivity contribution is 0.373. The maximum Gasteiger partial charge on any atom is 0.150 e. The van der Waals surface area contributed by atoms with Gasteiger partial charge in [0, 0.05) is 22.7 Å². The zero-order chi connectivity index (χ0) is 11.4. The van der Waals surface area contributed by atoms with Gasteiger partial charge in [-0.3, -0.25) is 0 Å². The first-order valence-corrected chi connectivity index (χ1v) is 5.55. The van der Waals surface area contributed by atoms with Crippen molar-refractivity contribution in [2.24, 2.45) is 0 Å². The lowest BCUT2D eigenvalue weighted by atomic mass is 10.2. The Bertz CT molecular complexity index is 457. The molecule has 0 bridgehead atoms. The lowest BCUT2D eigenvalue weighted by Gasteiger charge is -2.05. The summed E-state index contributed by atoms with van der Waals surface area (Å²) in [5.74, 6) is 0.796. The van der Waals surface area contributed by atoms with Gasteiger partial charge in [0.25, 0.3) is 0 Å². The van der Waals surface area contributed by atoms with Gasteiger partial charge in [0.2, 0.25) is 0 Å². The Hall–Kier alpha value is -1.03. The van der Waals surface area contributed by atoms with Crippen LogP contribution in [0.5, 0.6) is 0 Å². The van der Waals surface area contributed by atoms with Gasteiger partial charge in [-0.25, -0.2) is 0 Å². The van der Waals surface area contributed by atoms with E-state index >= 15 is 0 Å². The van der Waals surface area contributed by atoms with E-state index in [4.69, 9.17) is 27.7 Å². The normalized spacial score (nSPS) is 10.6. The molecule has 0 aliphatic heterocycles. The third kappa shape index (κ3) is 2.98. The fraction of sp³-hybridized carbons (Fsp3) is 0.182. The van der Waals surface area contributed by atoms with Crippen molar-refractivity contribution in [3.8, 4) is 0 Å². The van der Waals surface area contributed by atoms with Gasteiger partial charge in [-0.05, 0) is 17.7 Å². The van der Waals surface area contributed by atoms with Gasteiger partial charge < -0.3 is 9.84 Å². The SMILES string of the molecule is Clc1ccc(CNCc2ccno2)c(Cl)c1. The minimum absolute atomic E-state index is 0.624. The van der Waals surface area contributed by atoms with Crippen molar-refractivity contribution in [3.63, 3.8) is 0 Å². The van der Waals surface area contributed by atoms with Crippen LogP contribution in [0.15, 0.2) is 35.0 Å². The third-order valence-electron chi connectivity index (χ3n) is 2.12. The zero-order valence-electron chi connectivity index (χ0n) is 8.41. The van der Waals surface area contributed by atoms with E-state index in [9.17, 15) is 0 Å². The molecule has 2 aromatic rings. The molecule has 0 saturated carbocycles. The Labute approximate surface area is 103 Å². The van der Waals surface area contributed by atoms with Crippen molar-refractivity contribution >= 4 is 23.2 Å². The number of rotatable bonds is 4. The number of nitrogens with zero attached hydrogens (tertiary/aromatic N) is 1. The topological polar surface area (TPSA) is 38.1 Å². The predicted molar refractivity (Wildman–Crippen MR) is 63.5 cm³/mol. The maximum absolute atomic E-state index is 6.03. The molecule has 84 valence electrons. The van der Waals surface area contributed by atoms with Crippen LogP contribution in [0, 0.1) is 0 Å². The van der Waals surface area contributed by atoms with E-state index in [0.717, 1.165) is 11.3 Å². The van der Waals surface area contributed by atoms with E-state index < -0.39 is 0 Å². The van der Waals surface area contributed by atoms with Gasteiger partial charge in [-0.2, -0.15) is 0 Å². The number of benzene rings is 1. The smallest absolute Gasteiger partial charge is 0.150 e. The van der Waals surface area contributed by atoms with Crippen molar-refractivity contribution in [3.05, 3.63) is 51.8 Å². The average molecular weight is 257 g/mol. The Morgan fingerprint density at radius 2 is 2.06 bits per heavy atom. The van der Waals surface area contributed by atoms with E-state index in [1.54, 1.807) is 12.3 Å². The highest BCUT2D eigenvalue weighted by atomic mass is 35.5. The molecule has 3 nitrogen and oxygen atoms in total. The molecule has 0 saturated heterocycles. The first-order chi connectivity index (χ1) is 7.75. The fourth-order valence-electron chi connectivity index (χ4n) is 1.32. The van der Waals surface area contributed by atoms with E-state index in [2.05, 4.69) is 10.5 Å². The Balaban J connectivity index is 1.90. The van der Waals surface area contributed by atoms with E-state index in [1.807, 2.05) is 18.2 Å². The van der Waals surface area contributed by atoms with Crippen LogP contribution in [0.2, 0.25) is 10.0 Å². The average Bonchev–Trinajstić information content (AvgIpc) is 2.74. The number of nitrogens with one attached hydrogen (secondary N) is 1. The van der Waals surface area contributed by atoms with Gasteiger partial charge in [-0.15, -0.1) is 0 Å². The second-order valence-corrected chi connectivity index (χ2v) is 4.16. The molecular weight excluding hydrogens is 247 g/mol. The third-order valence-corrected chi connectivity index (χ3v) is 2.71. The Kier molecular flexibility index (Phi) is 3.83. The summed E-state index contributed by atoms with van der Waals surface area (Å²) in [6, 6.07) is 7.27. The summed E-state index contributed by atoms with van der Waals surface area (Å²) >= 11 is 11.8. The monoisotopic (exact) mass is 256 g/mol. The van der Waals surface area contributed by atoms with Crippen molar-refractivity contribution in [2.75, 3.05) is 0 Å². The molecule has 0 aliphatic carbocycles. The Morgan fingerprint density at radius 1 is 1.19 bits per heavy atom. The minimum atomic E-state index is 0.624. The molecule has 16 heavy (non-hydrogen) atoms. The molecule has 0 fully saturated rings. The Morgan fingerprint density at radius 3 is 2.75 bits per heavy atom. The summed E-state index contributed by atoms with van der Waals surface area (Å²) in [5.41, 5.74) is 1.01. The van der Waals surface area contributed by atoms with Gasteiger partial charge in [0.05, 0.1) is 12.7 Å². The van der Waals surface area contributed by atoms with Crippen LogP contribution in [0.25, 0.3) is 0 Å². The van der Waals surface area contributed by atoms with E-state index in [1.165, 1.54) is 0 Å². The second kappa shape index (κ2) is 5.34. The number of hydrogen-bond acceptors (Lipinski definition) is 3. The van der Waals surface area contributed by atoms with Crippen LogP contribution < -0.4 is 5.32 Å². The van der Waals surface area contributed by atoms with Crippen LogP contribution in [0.3, 0.4) is 0 Å². The highest BCUT2D eigenvalue weighted by molar-refractivity contribution is 6.35. The molecule has 0 atom stereocenters.